The molecular weight excluding hydrogens is 436 g/mol. The molecule has 0 aliphatic carbocycles. The molecule has 1 N–H and O–H groups in total. The number of carbonyl (C=O) groups is 2. The van der Waals surface area contributed by atoms with Crippen LogP contribution in [0.5, 0.6) is 5.75 Å². The Morgan fingerprint density at radius 1 is 1.00 bits per heavy atom. The van der Waals surface area contributed by atoms with E-state index in [1.807, 2.05) is 36.1 Å². The second kappa shape index (κ2) is 10.1. The summed E-state index contributed by atoms with van der Waals surface area (Å²) in [4.78, 5) is 28.4. The molecule has 5 nitrogen and oxygen atoms in total. The van der Waals surface area contributed by atoms with Crippen LogP contribution in [0, 0.1) is 12.8 Å². The molecule has 4 rings (SSSR count). The summed E-state index contributed by atoms with van der Waals surface area (Å²) in [6.07, 6.45) is 1.41. The molecule has 0 bridgehead atoms. The molecule has 3 aromatic carbocycles. The minimum absolute atomic E-state index is 0.0851. The van der Waals surface area contributed by atoms with Gasteiger partial charge in [-0.15, -0.1) is 0 Å². The number of hydrogen-bond acceptors (Lipinski definition) is 3. The quantitative estimate of drug-likeness (QED) is 0.514. The van der Waals surface area contributed by atoms with E-state index in [1.54, 1.807) is 43.5 Å². The van der Waals surface area contributed by atoms with Crippen LogP contribution in [0.1, 0.15) is 40.4 Å². The molecule has 1 aliphatic heterocycles. The Bertz CT molecular complexity index is 1130. The highest BCUT2D eigenvalue weighted by molar-refractivity contribution is 6.30. The summed E-state index contributed by atoms with van der Waals surface area (Å²) < 4.78 is 5.18. The van der Waals surface area contributed by atoms with Crippen LogP contribution in [-0.4, -0.2) is 30.4 Å². The van der Waals surface area contributed by atoms with Crippen LogP contribution >= 0.6 is 11.6 Å². The molecular formula is C27H27ClN2O3. The number of amides is 2. The Balaban J connectivity index is 1.56. The van der Waals surface area contributed by atoms with E-state index < -0.39 is 0 Å². The van der Waals surface area contributed by atoms with E-state index in [2.05, 4.69) is 17.4 Å². The molecule has 0 radical (unpaired) electrons. The Kier molecular flexibility index (Phi) is 6.99. The summed E-state index contributed by atoms with van der Waals surface area (Å²) in [6, 6.07) is 22.3. The molecule has 1 heterocycles. The van der Waals surface area contributed by atoms with E-state index in [0.717, 1.165) is 16.9 Å². The largest absolute Gasteiger partial charge is 0.497 e. The van der Waals surface area contributed by atoms with Gasteiger partial charge in [0.15, 0.2) is 0 Å². The Morgan fingerprint density at radius 3 is 2.39 bits per heavy atom. The topological polar surface area (TPSA) is 58.6 Å². The standard InChI is InChI=1S/C27H27ClN2O3/c1-18-4-3-5-20(16-18)25-15-8-21(26(31)29-23-11-13-24(33-2)14-12-23)17-30(25)27(32)19-6-9-22(28)10-7-19/h3-7,9-14,16,21,25H,8,15,17H2,1-2H3,(H,29,31)/t21-,25-/m0/s1. The first-order valence-corrected chi connectivity index (χ1v) is 11.4. The lowest BCUT2D eigenvalue weighted by molar-refractivity contribution is -0.121. The zero-order valence-electron chi connectivity index (χ0n) is 18.8. The summed E-state index contributed by atoms with van der Waals surface area (Å²) in [6.45, 7) is 2.39. The Labute approximate surface area is 199 Å². The van der Waals surface area contributed by atoms with Crippen LogP contribution in [0.3, 0.4) is 0 Å². The van der Waals surface area contributed by atoms with Gasteiger partial charge in [0.2, 0.25) is 5.91 Å². The average molecular weight is 463 g/mol. The van der Waals surface area contributed by atoms with Crippen molar-refractivity contribution in [3.63, 3.8) is 0 Å². The summed E-state index contributed by atoms with van der Waals surface area (Å²) >= 11 is 6.02. The predicted molar refractivity (Wildman–Crippen MR) is 131 cm³/mol. The first-order chi connectivity index (χ1) is 15.9. The lowest BCUT2D eigenvalue weighted by atomic mass is 9.87. The number of nitrogens with one attached hydrogen (secondary N) is 1. The molecule has 2 atom stereocenters. The zero-order valence-corrected chi connectivity index (χ0v) is 19.5. The predicted octanol–water partition coefficient (Wildman–Crippen LogP) is 5.89. The van der Waals surface area contributed by atoms with E-state index in [-0.39, 0.29) is 23.8 Å². The number of benzene rings is 3. The van der Waals surface area contributed by atoms with Gasteiger partial charge in [0.25, 0.3) is 5.91 Å². The fourth-order valence-corrected chi connectivity index (χ4v) is 4.44. The monoisotopic (exact) mass is 462 g/mol. The van der Waals surface area contributed by atoms with E-state index in [0.29, 0.717) is 35.7 Å². The number of ether oxygens (including phenoxy) is 1. The zero-order chi connectivity index (χ0) is 23.4. The smallest absolute Gasteiger partial charge is 0.254 e. The number of nitrogens with zero attached hydrogens (tertiary/aromatic N) is 1. The first-order valence-electron chi connectivity index (χ1n) is 11.0. The highest BCUT2D eigenvalue weighted by atomic mass is 35.5. The number of aryl methyl sites for hydroxylation is 1. The molecule has 0 spiro atoms. The third-order valence-corrected chi connectivity index (χ3v) is 6.34. The van der Waals surface area contributed by atoms with Crippen molar-refractivity contribution in [3.8, 4) is 5.75 Å². The van der Waals surface area contributed by atoms with E-state index in [4.69, 9.17) is 16.3 Å². The van der Waals surface area contributed by atoms with Crippen molar-refractivity contribution in [2.75, 3.05) is 19.0 Å². The highest BCUT2D eigenvalue weighted by Gasteiger charge is 2.36. The van der Waals surface area contributed by atoms with Gasteiger partial charge in [-0.1, -0.05) is 41.4 Å². The van der Waals surface area contributed by atoms with Crippen molar-refractivity contribution in [2.45, 2.75) is 25.8 Å². The SMILES string of the molecule is COc1ccc(NC(=O)[C@H]2CC[C@@H](c3cccc(C)c3)N(C(=O)c3ccc(Cl)cc3)C2)cc1. The van der Waals surface area contributed by atoms with Crippen LogP contribution in [0.15, 0.2) is 72.8 Å². The maximum Gasteiger partial charge on any atom is 0.254 e. The number of halogens is 1. The summed E-state index contributed by atoms with van der Waals surface area (Å²) in [5.74, 6) is 0.243. The van der Waals surface area contributed by atoms with Crippen molar-refractivity contribution in [1.29, 1.82) is 0 Å². The normalized spacial score (nSPS) is 18.0. The molecule has 170 valence electrons. The van der Waals surface area contributed by atoms with Crippen LogP contribution < -0.4 is 10.1 Å². The number of anilines is 1. The molecule has 33 heavy (non-hydrogen) atoms. The van der Waals surface area contributed by atoms with Gasteiger partial charge in [-0.3, -0.25) is 9.59 Å². The molecule has 0 aromatic heterocycles. The van der Waals surface area contributed by atoms with E-state index in [9.17, 15) is 9.59 Å². The van der Waals surface area contributed by atoms with Crippen molar-refractivity contribution in [1.82, 2.24) is 4.90 Å². The molecule has 1 fully saturated rings. The average Bonchev–Trinajstić information content (AvgIpc) is 2.84. The molecule has 6 heteroatoms. The lowest BCUT2D eigenvalue weighted by Gasteiger charge is -2.39. The van der Waals surface area contributed by atoms with Crippen LogP contribution in [-0.2, 0) is 4.79 Å². The summed E-state index contributed by atoms with van der Waals surface area (Å²) in [7, 11) is 1.60. The molecule has 0 saturated carbocycles. The van der Waals surface area contributed by atoms with Gasteiger partial charge in [-0.05, 0) is 73.9 Å². The van der Waals surface area contributed by atoms with Gasteiger partial charge in [-0.2, -0.15) is 0 Å². The van der Waals surface area contributed by atoms with Gasteiger partial charge in [0, 0.05) is 22.8 Å². The van der Waals surface area contributed by atoms with E-state index >= 15 is 0 Å². The third kappa shape index (κ3) is 5.37. The number of carbonyl (C=O) groups excluding carboxylic acids is 2. The number of piperidine rings is 1. The molecule has 3 aromatic rings. The lowest BCUT2D eigenvalue weighted by Crippen LogP contribution is -2.45. The van der Waals surface area contributed by atoms with Crippen molar-refractivity contribution in [3.05, 3.63) is 94.5 Å². The maximum atomic E-state index is 13.5. The van der Waals surface area contributed by atoms with Crippen LogP contribution in [0.2, 0.25) is 5.02 Å². The van der Waals surface area contributed by atoms with Gasteiger partial charge in [0.05, 0.1) is 19.1 Å². The Morgan fingerprint density at radius 2 is 1.73 bits per heavy atom. The fourth-order valence-electron chi connectivity index (χ4n) is 4.31. The second-order valence-electron chi connectivity index (χ2n) is 8.39. The van der Waals surface area contributed by atoms with E-state index in [1.165, 1.54) is 0 Å². The van der Waals surface area contributed by atoms with Crippen molar-refractivity contribution < 1.29 is 14.3 Å². The van der Waals surface area contributed by atoms with Gasteiger partial charge < -0.3 is 15.0 Å². The van der Waals surface area contributed by atoms with Crippen molar-refractivity contribution >= 4 is 29.1 Å². The maximum absolute atomic E-state index is 13.5. The minimum Gasteiger partial charge on any atom is -0.497 e. The summed E-state index contributed by atoms with van der Waals surface area (Å²) in [5, 5.41) is 3.56. The van der Waals surface area contributed by atoms with Gasteiger partial charge in [0.1, 0.15) is 5.75 Å². The Hall–Kier alpha value is -3.31. The second-order valence-corrected chi connectivity index (χ2v) is 8.82. The van der Waals surface area contributed by atoms with Crippen molar-refractivity contribution in [2.24, 2.45) is 5.92 Å². The molecule has 2 amide bonds. The van der Waals surface area contributed by atoms with Crippen LogP contribution in [0.25, 0.3) is 0 Å². The number of rotatable bonds is 5. The third-order valence-electron chi connectivity index (χ3n) is 6.09. The number of likely N-dealkylation sites (tertiary alicyclic amines) is 1. The first kappa shape index (κ1) is 22.9. The molecule has 1 saturated heterocycles. The number of methoxy groups -OCH3 is 1. The highest BCUT2D eigenvalue weighted by Crippen LogP contribution is 2.35. The molecule has 1 aliphatic rings. The van der Waals surface area contributed by atoms with Gasteiger partial charge >= 0.3 is 0 Å². The minimum atomic E-state index is -0.301. The van der Waals surface area contributed by atoms with Gasteiger partial charge in [-0.25, -0.2) is 0 Å². The van der Waals surface area contributed by atoms with Crippen LogP contribution in [0.4, 0.5) is 5.69 Å². The fraction of sp³-hybridized carbons (Fsp3) is 0.259. The number of hydrogen-bond donors (Lipinski definition) is 1. The molecule has 0 unspecified atom stereocenters. The summed E-state index contributed by atoms with van der Waals surface area (Å²) in [5.41, 5.74) is 3.50.